The van der Waals surface area contributed by atoms with E-state index in [0.717, 1.165) is 31.0 Å². The van der Waals surface area contributed by atoms with Gasteiger partial charge in [0, 0.05) is 12.1 Å². The van der Waals surface area contributed by atoms with Gasteiger partial charge in [-0.15, -0.1) is 0 Å². The van der Waals surface area contributed by atoms with E-state index in [1.165, 1.54) is 0 Å². The highest BCUT2D eigenvalue weighted by atomic mass is 19.1. The number of nitrogens with one attached hydrogen (secondary N) is 2. The van der Waals surface area contributed by atoms with Crippen LogP contribution in [0.25, 0.3) is 0 Å². The second-order valence-electron chi connectivity index (χ2n) is 4.35. The first-order valence-electron chi connectivity index (χ1n) is 5.59. The van der Waals surface area contributed by atoms with Crippen LogP contribution in [0.2, 0.25) is 0 Å². The Kier molecular flexibility index (Phi) is 3.26. The molecule has 5 heteroatoms. The summed E-state index contributed by atoms with van der Waals surface area (Å²) in [6.07, 6.45) is 2.21. The van der Waals surface area contributed by atoms with Gasteiger partial charge in [-0.05, 0) is 37.8 Å². The highest BCUT2D eigenvalue weighted by Gasteiger charge is 2.28. The van der Waals surface area contributed by atoms with Crippen molar-refractivity contribution in [2.45, 2.75) is 25.8 Å². The van der Waals surface area contributed by atoms with E-state index in [1.807, 2.05) is 6.92 Å². The average Bonchev–Trinajstić information content (AvgIpc) is 3.06. The number of hydrogen-bond acceptors (Lipinski definition) is 1. The fourth-order valence-corrected chi connectivity index (χ4v) is 1.67. The van der Waals surface area contributed by atoms with Gasteiger partial charge in [0.2, 0.25) is 0 Å². The van der Waals surface area contributed by atoms with Crippen molar-refractivity contribution in [2.75, 3.05) is 5.32 Å². The van der Waals surface area contributed by atoms with E-state index in [-0.39, 0.29) is 11.7 Å². The van der Waals surface area contributed by atoms with Gasteiger partial charge in [-0.2, -0.15) is 0 Å². The van der Waals surface area contributed by atoms with Crippen LogP contribution in [0.15, 0.2) is 18.2 Å². The number of carbonyl (C=O) groups is 1. The molecule has 1 fully saturated rings. The van der Waals surface area contributed by atoms with Crippen LogP contribution in [0, 0.1) is 17.6 Å². The number of anilines is 1. The summed E-state index contributed by atoms with van der Waals surface area (Å²) in [5.41, 5.74) is -0.148. The minimum Gasteiger partial charge on any atom is -0.335 e. The number of hydrogen-bond donors (Lipinski definition) is 2. The molecule has 2 rings (SSSR count). The van der Waals surface area contributed by atoms with Crippen LogP contribution in [0.1, 0.15) is 19.8 Å². The van der Waals surface area contributed by atoms with Crippen LogP contribution in [0.5, 0.6) is 0 Å². The van der Waals surface area contributed by atoms with Gasteiger partial charge in [0.25, 0.3) is 0 Å². The molecule has 2 amide bonds. The van der Waals surface area contributed by atoms with E-state index in [0.29, 0.717) is 5.92 Å². The summed E-state index contributed by atoms with van der Waals surface area (Å²) in [4.78, 5) is 11.5. The monoisotopic (exact) mass is 240 g/mol. The normalized spacial score (nSPS) is 16.4. The smallest absolute Gasteiger partial charge is 0.319 e. The third-order valence-corrected chi connectivity index (χ3v) is 2.86. The number of rotatable bonds is 3. The van der Waals surface area contributed by atoms with Crippen molar-refractivity contribution in [1.82, 2.24) is 5.32 Å². The maximum absolute atomic E-state index is 13.2. The zero-order valence-electron chi connectivity index (χ0n) is 9.47. The molecule has 1 aromatic carbocycles. The Bertz CT molecular complexity index is 433. The number of benzene rings is 1. The molecule has 0 aliphatic heterocycles. The second kappa shape index (κ2) is 4.69. The minimum atomic E-state index is -0.652. The van der Waals surface area contributed by atoms with Gasteiger partial charge in [0.15, 0.2) is 0 Å². The molecule has 3 nitrogen and oxygen atoms in total. The van der Waals surface area contributed by atoms with Crippen molar-refractivity contribution in [3.63, 3.8) is 0 Å². The van der Waals surface area contributed by atoms with Crippen molar-refractivity contribution in [2.24, 2.45) is 5.92 Å². The molecule has 0 aromatic heterocycles. The summed E-state index contributed by atoms with van der Waals surface area (Å²) < 4.78 is 26.1. The second-order valence-corrected chi connectivity index (χ2v) is 4.35. The number of urea groups is 1. The molecule has 1 aromatic rings. The largest absolute Gasteiger partial charge is 0.335 e. The lowest BCUT2D eigenvalue weighted by molar-refractivity contribution is 0.248. The highest BCUT2D eigenvalue weighted by molar-refractivity contribution is 5.89. The predicted octanol–water partition coefficient (Wildman–Crippen LogP) is 2.88. The Hall–Kier alpha value is -1.65. The van der Waals surface area contributed by atoms with Crippen molar-refractivity contribution >= 4 is 11.7 Å². The molecular formula is C12H14F2N2O. The molecule has 2 N–H and O–H groups in total. The van der Waals surface area contributed by atoms with Crippen LogP contribution in [0.3, 0.4) is 0 Å². The van der Waals surface area contributed by atoms with Crippen molar-refractivity contribution in [3.05, 3.63) is 29.8 Å². The number of carbonyl (C=O) groups excluding carboxylic acids is 1. The Morgan fingerprint density at radius 3 is 2.76 bits per heavy atom. The maximum atomic E-state index is 13.2. The van der Waals surface area contributed by atoms with Crippen LogP contribution < -0.4 is 10.6 Å². The quantitative estimate of drug-likeness (QED) is 0.838. The van der Waals surface area contributed by atoms with E-state index in [2.05, 4.69) is 10.6 Å². The van der Waals surface area contributed by atoms with E-state index >= 15 is 0 Å². The minimum absolute atomic E-state index is 0.0617. The summed E-state index contributed by atoms with van der Waals surface area (Å²) in [6.45, 7) is 1.90. The van der Waals surface area contributed by atoms with Gasteiger partial charge < -0.3 is 10.6 Å². The predicted molar refractivity (Wildman–Crippen MR) is 60.7 cm³/mol. The summed E-state index contributed by atoms with van der Waals surface area (Å²) in [6, 6.07) is 2.50. The highest BCUT2D eigenvalue weighted by Crippen LogP contribution is 2.32. The third kappa shape index (κ3) is 3.15. The summed E-state index contributed by atoms with van der Waals surface area (Å²) in [7, 11) is 0. The molecule has 1 aliphatic rings. The van der Waals surface area contributed by atoms with Crippen LogP contribution in [-0.4, -0.2) is 12.1 Å². The van der Waals surface area contributed by atoms with E-state index < -0.39 is 17.7 Å². The topological polar surface area (TPSA) is 41.1 Å². The molecule has 92 valence electrons. The van der Waals surface area contributed by atoms with Crippen molar-refractivity contribution in [3.8, 4) is 0 Å². The Morgan fingerprint density at radius 1 is 1.41 bits per heavy atom. The zero-order chi connectivity index (χ0) is 12.4. The van der Waals surface area contributed by atoms with Gasteiger partial charge in [-0.3, -0.25) is 0 Å². The average molecular weight is 240 g/mol. The van der Waals surface area contributed by atoms with Gasteiger partial charge in [0.1, 0.15) is 11.6 Å². The first-order valence-corrected chi connectivity index (χ1v) is 5.59. The van der Waals surface area contributed by atoms with Crippen LogP contribution >= 0.6 is 0 Å². The fraction of sp³-hybridized carbons (Fsp3) is 0.417. The van der Waals surface area contributed by atoms with Gasteiger partial charge in [-0.25, -0.2) is 13.6 Å². The first kappa shape index (κ1) is 11.8. The van der Waals surface area contributed by atoms with Crippen molar-refractivity contribution < 1.29 is 13.6 Å². The molecular weight excluding hydrogens is 226 g/mol. The van der Waals surface area contributed by atoms with Gasteiger partial charge >= 0.3 is 6.03 Å². The standard InChI is InChI=1S/C12H14F2N2O/c1-7(8-2-3-8)15-12(17)16-11-6-9(13)4-5-10(11)14/h4-8H,2-3H2,1H3,(H2,15,16,17). The lowest BCUT2D eigenvalue weighted by Gasteiger charge is -2.14. The maximum Gasteiger partial charge on any atom is 0.319 e. The molecule has 0 saturated heterocycles. The summed E-state index contributed by atoms with van der Waals surface area (Å²) >= 11 is 0. The molecule has 1 unspecified atom stereocenters. The van der Waals surface area contributed by atoms with Gasteiger partial charge in [0.05, 0.1) is 5.69 Å². The molecule has 17 heavy (non-hydrogen) atoms. The third-order valence-electron chi connectivity index (χ3n) is 2.86. The van der Waals surface area contributed by atoms with E-state index in [1.54, 1.807) is 0 Å². The zero-order valence-corrected chi connectivity index (χ0v) is 9.47. The van der Waals surface area contributed by atoms with E-state index in [9.17, 15) is 13.6 Å². The molecule has 1 saturated carbocycles. The number of amides is 2. The summed E-state index contributed by atoms with van der Waals surface area (Å²) in [5.74, 6) is -0.726. The fourth-order valence-electron chi connectivity index (χ4n) is 1.67. The van der Waals surface area contributed by atoms with E-state index in [4.69, 9.17) is 0 Å². The van der Waals surface area contributed by atoms with Gasteiger partial charge in [-0.1, -0.05) is 0 Å². The van der Waals surface area contributed by atoms with Crippen LogP contribution in [0.4, 0.5) is 19.3 Å². The van der Waals surface area contributed by atoms with Crippen LogP contribution in [-0.2, 0) is 0 Å². The Morgan fingerprint density at radius 2 is 2.12 bits per heavy atom. The Labute approximate surface area is 98.2 Å². The lowest BCUT2D eigenvalue weighted by Crippen LogP contribution is -2.37. The molecule has 1 atom stereocenters. The molecule has 0 radical (unpaired) electrons. The molecule has 0 heterocycles. The number of halogens is 2. The Balaban J connectivity index is 1.94. The lowest BCUT2D eigenvalue weighted by atomic mass is 10.2. The first-order chi connectivity index (χ1) is 8.06. The molecule has 0 spiro atoms. The molecule has 0 bridgehead atoms. The van der Waals surface area contributed by atoms with Crippen molar-refractivity contribution in [1.29, 1.82) is 0 Å². The summed E-state index contributed by atoms with van der Waals surface area (Å²) in [5, 5.41) is 5.00. The SMILES string of the molecule is CC(NC(=O)Nc1cc(F)ccc1F)C1CC1. The molecule has 1 aliphatic carbocycles.